The first kappa shape index (κ1) is 16.1. The smallest absolute Gasteiger partial charge is 0.175 e. The summed E-state index contributed by atoms with van der Waals surface area (Å²) in [5.74, 6) is 1.38. The molecule has 0 spiro atoms. The number of hydrogen-bond acceptors (Lipinski definition) is 3. The van der Waals surface area contributed by atoms with Crippen molar-refractivity contribution in [2.45, 2.75) is 13.0 Å². The van der Waals surface area contributed by atoms with E-state index in [1.807, 2.05) is 36.4 Å². The molecule has 0 atom stereocenters. The van der Waals surface area contributed by atoms with Gasteiger partial charge in [-0.25, -0.2) is 0 Å². The maximum absolute atomic E-state index is 5.87. The van der Waals surface area contributed by atoms with Crippen LogP contribution in [0.4, 0.5) is 0 Å². The van der Waals surface area contributed by atoms with Crippen molar-refractivity contribution in [1.29, 1.82) is 0 Å². The zero-order chi connectivity index (χ0) is 15.2. The molecule has 3 nitrogen and oxygen atoms in total. The average molecular weight is 371 g/mol. The van der Waals surface area contributed by atoms with Crippen LogP contribution in [0.15, 0.2) is 40.9 Å². The third-order valence-corrected chi connectivity index (χ3v) is 3.86. The van der Waals surface area contributed by atoms with Gasteiger partial charge in [0.2, 0.25) is 0 Å². The Bertz CT molecular complexity index is 602. The zero-order valence-electron chi connectivity index (χ0n) is 11.7. The van der Waals surface area contributed by atoms with Gasteiger partial charge in [0.15, 0.2) is 11.5 Å². The summed E-state index contributed by atoms with van der Waals surface area (Å²) in [4.78, 5) is 0. The van der Waals surface area contributed by atoms with E-state index in [-0.39, 0.29) is 0 Å². The van der Waals surface area contributed by atoms with E-state index >= 15 is 0 Å². The first-order valence-corrected chi connectivity index (χ1v) is 7.75. The van der Waals surface area contributed by atoms with Gasteiger partial charge in [-0.15, -0.1) is 0 Å². The van der Waals surface area contributed by atoms with Gasteiger partial charge < -0.3 is 15.2 Å². The molecular formula is C16H17BrClNO2. The van der Waals surface area contributed by atoms with Crippen molar-refractivity contribution in [2.75, 3.05) is 13.7 Å². The molecule has 0 fully saturated rings. The monoisotopic (exact) mass is 369 g/mol. The molecule has 0 bridgehead atoms. The molecule has 0 saturated carbocycles. The third-order valence-electron chi connectivity index (χ3n) is 3.02. The van der Waals surface area contributed by atoms with Gasteiger partial charge in [-0.05, 0) is 64.3 Å². The van der Waals surface area contributed by atoms with Crippen LogP contribution in [0.5, 0.6) is 11.5 Å². The van der Waals surface area contributed by atoms with Crippen LogP contribution in [-0.4, -0.2) is 13.7 Å². The second-order valence-corrected chi connectivity index (χ2v) is 5.85. The topological polar surface area (TPSA) is 44.5 Å². The molecule has 0 aliphatic rings. The van der Waals surface area contributed by atoms with E-state index in [1.165, 1.54) is 0 Å². The molecule has 21 heavy (non-hydrogen) atoms. The van der Waals surface area contributed by atoms with Gasteiger partial charge in [0, 0.05) is 5.02 Å². The average Bonchev–Trinajstić information content (AvgIpc) is 2.47. The fraction of sp³-hybridized carbons (Fsp3) is 0.250. The lowest BCUT2D eigenvalue weighted by atomic mass is 10.1. The SMILES string of the molecule is COc1cc(CCN)cc(Br)c1OCc1ccc(Cl)cc1. The maximum atomic E-state index is 5.87. The maximum Gasteiger partial charge on any atom is 0.175 e. The number of benzene rings is 2. The normalized spacial score (nSPS) is 10.5. The van der Waals surface area contributed by atoms with Crippen molar-refractivity contribution >= 4 is 27.5 Å². The van der Waals surface area contributed by atoms with Crippen molar-refractivity contribution in [1.82, 2.24) is 0 Å². The summed E-state index contributed by atoms with van der Waals surface area (Å²) >= 11 is 9.40. The molecule has 0 saturated heterocycles. The van der Waals surface area contributed by atoms with Crippen LogP contribution in [0.25, 0.3) is 0 Å². The lowest BCUT2D eigenvalue weighted by molar-refractivity contribution is 0.282. The highest BCUT2D eigenvalue weighted by Gasteiger charge is 2.11. The van der Waals surface area contributed by atoms with Gasteiger partial charge in [-0.2, -0.15) is 0 Å². The second kappa shape index (κ2) is 7.69. The van der Waals surface area contributed by atoms with Crippen LogP contribution in [0.3, 0.4) is 0 Å². The number of halogens is 2. The Hall–Kier alpha value is -1.23. The summed E-state index contributed by atoms with van der Waals surface area (Å²) in [6.07, 6.45) is 0.798. The summed E-state index contributed by atoms with van der Waals surface area (Å²) in [6, 6.07) is 11.5. The Morgan fingerprint density at radius 2 is 1.86 bits per heavy atom. The lowest BCUT2D eigenvalue weighted by Crippen LogP contribution is -2.04. The van der Waals surface area contributed by atoms with E-state index in [1.54, 1.807) is 7.11 Å². The number of nitrogens with two attached hydrogens (primary N) is 1. The molecule has 2 aromatic carbocycles. The molecule has 112 valence electrons. The summed E-state index contributed by atoms with van der Waals surface area (Å²) in [5.41, 5.74) is 7.74. The first-order chi connectivity index (χ1) is 10.1. The predicted molar refractivity (Wildman–Crippen MR) is 89.2 cm³/mol. The number of hydrogen-bond donors (Lipinski definition) is 1. The standard InChI is InChI=1S/C16H17BrClNO2/c1-20-15-9-12(6-7-19)8-14(17)16(15)21-10-11-2-4-13(18)5-3-11/h2-5,8-9H,6-7,10,19H2,1H3. The minimum atomic E-state index is 0.447. The highest BCUT2D eigenvalue weighted by molar-refractivity contribution is 9.10. The van der Waals surface area contributed by atoms with E-state index in [4.69, 9.17) is 26.8 Å². The van der Waals surface area contributed by atoms with Gasteiger partial charge in [-0.1, -0.05) is 23.7 Å². The summed E-state index contributed by atoms with van der Waals surface area (Å²) in [6.45, 7) is 1.04. The fourth-order valence-electron chi connectivity index (χ4n) is 1.96. The van der Waals surface area contributed by atoms with Gasteiger partial charge in [0.05, 0.1) is 11.6 Å². The second-order valence-electron chi connectivity index (χ2n) is 4.56. The largest absolute Gasteiger partial charge is 0.493 e. The minimum absolute atomic E-state index is 0.447. The van der Waals surface area contributed by atoms with E-state index in [9.17, 15) is 0 Å². The fourth-order valence-corrected chi connectivity index (χ4v) is 2.69. The quantitative estimate of drug-likeness (QED) is 0.829. The highest BCUT2D eigenvalue weighted by atomic mass is 79.9. The molecule has 0 heterocycles. The summed E-state index contributed by atoms with van der Waals surface area (Å²) in [5, 5.41) is 0.712. The predicted octanol–water partition coefficient (Wildman–Crippen LogP) is 4.19. The van der Waals surface area contributed by atoms with Crippen LogP contribution in [0.1, 0.15) is 11.1 Å². The Morgan fingerprint density at radius 1 is 1.14 bits per heavy atom. The molecule has 2 N–H and O–H groups in total. The van der Waals surface area contributed by atoms with Crippen LogP contribution in [0, 0.1) is 0 Å². The van der Waals surface area contributed by atoms with Crippen molar-refractivity contribution in [3.05, 3.63) is 57.0 Å². The summed E-state index contributed by atoms with van der Waals surface area (Å²) < 4.78 is 12.1. The molecule has 5 heteroatoms. The minimum Gasteiger partial charge on any atom is -0.493 e. The number of methoxy groups -OCH3 is 1. The molecule has 0 aromatic heterocycles. The molecule has 0 aliphatic heterocycles. The van der Waals surface area contributed by atoms with Crippen molar-refractivity contribution in [2.24, 2.45) is 5.73 Å². The van der Waals surface area contributed by atoms with E-state index in [0.29, 0.717) is 29.7 Å². The van der Waals surface area contributed by atoms with Gasteiger partial charge >= 0.3 is 0 Å². The molecule has 0 aliphatic carbocycles. The highest BCUT2D eigenvalue weighted by Crippen LogP contribution is 2.37. The molecule has 0 radical (unpaired) electrons. The van der Waals surface area contributed by atoms with Crippen LogP contribution in [-0.2, 0) is 13.0 Å². The number of rotatable bonds is 6. The Kier molecular flexibility index (Phi) is 5.91. The van der Waals surface area contributed by atoms with Crippen LogP contribution >= 0.6 is 27.5 Å². The molecule has 0 unspecified atom stereocenters. The zero-order valence-corrected chi connectivity index (χ0v) is 14.1. The van der Waals surface area contributed by atoms with Crippen molar-refractivity contribution in [3.8, 4) is 11.5 Å². The first-order valence-electron chi connectivity index (χ1n) is 6.57. The van der Waals surface area contributed by atoms with E-state index < -0.39 is 0 Å². The van der Waals surface area contributed by atoms with Gasteiger partial charge in [0.1, 0.15) is 6.61 Å². The molecular weight excluding hydrogens is 354 g/mol. The van der Waals surface area contributed by atoms with Crippen molar-refractivity contribution < 1.29 is 9.47 Å². The molecule has 2 rings (SSSR count). The number of ether oxygens (including phenoxy) is 2. The van der Waals surface area contributed by atoms with Gasteiger partial charge in [0.25, 0.3) is 0 Å². The lowest BCUT2D eigenvalue weighted by Gasteiger charge is -2.14. The van der Waals surface area contributed by atoms with Crippen LogP contribution < -0.4 is 15.2 Å². The van der Waals surface area contributed by atoms with E-state index in [0.717, 1.165) is 22.0 Å². The summed E-state index contributed by atoms with van der Waals surface area (Å²) in [7, 11) is 1.63. The molecule has 0 amide bonds. The third kappa shape index (κ3) is 4.37. The Balaban J connectivity index is 2.16. The van der Waals surface area contributed by atoms with Crippen molar-refractivity contribution in [3.63, 3.8) is 0 Å². The van der Waals surface area contributed by atoms with Gasteiger partial charge in [-0.3, -0.25) is 0 Å². The van der Waals surface area contributed by atoms with E-state index in [2.05, 4.69) is 15.9 Å². The van der Waals surface area contributed by atoms with Crippen LogP contribution in [0.2, 0.25) is 5.02 Å². The Labute approximate surface area is 138 Å². The molecule has 2 aromatic rings. The Morgan fingerprint density at radius 3 is 2.48 bits per heavy atom.